The maximum Gasteiger partial charge on any atom is 0.242 e. The molecule has 1 aromatic carbocycles. The molecule has 2 N–H and O–H groups in total. The van der Waals surface area contributed by atoms with Gasteiger partial charge in [0.15, 0.2) is 5.75 Å². The van der Waals surface area contributed by atoms with E-state index in [1.165, 1.54) is 0 Å². The molecule has 2 saturated carbocycles. The minimum absolute atomic E-state index is 0.371. The summed E-state index contributed by atoms with van der Waals surface area (Å²) in [4.78, 5) is 11.7. The summed E-state index contributed by atoms with van der Waals surface area (Å²) in [5.41, 5.74) is 8.03. The molecule has 1 unspecified atom stereocenters. The smallest absolute Gasteiger partial charge is 0.242 e. The minimum Gasteiger partial charge on any atom is -0.453 e. The Labute approximate surface area is 146 Å². The molecule has 0 saturated heterocycles. The maximum atomic E-state index is 11.7. The van der Waals surface area contributed by atoms with Crippen LogP contribution >= 0.6 is 0 Å². The highest BCUT2D eigenvalue weighted by molar-refractivity contribution is 5.78. The Morgan fingerprint density at radius 1 is 1.28 bits per heavy atom. The number of aromatic nitrogens is 2. The zero-order valence-corrected chi connectivity index (χ0v) is 14.1. The van der Waals surface area contributed by atoms with Gasteiger partial charge in [0.05, 0.1) is 17.3 Å². The first-order valence-corrected chi connectivity index (χ1v) is 8.68. The molecule has 2 aliphatic carbocycles. The van der Waals surface area contributed by atoms with Gasteiger partial charge >= 0.3 is 0 Å². The van der Waals surface area contributed by atoms with E-state index in [0.29, 0.717) is 23.1 Å². The van der Waals surface area contributed by atoms with Crippen molar-refractivity contribution in [2.45, 2.75) is 50.5 Å². The fraction of sp³-hybridized carbons (Fsp3) is 0.421. The van der Waals surface area contributed by atoms with Crippen LogP contribution in [0.1, 0.15) is 67.4 Å². The van der Waals surface area contributed by atoms with Crippen LogP contribution in [0.3, 0.4) is 0 Å². The van der Waals surface area contributed by atoms with Gasteiger partial charge in [0, 0.05) is 11.8 Å². The van der Waals surface area contributed by atoms with Crippen molar-refractivity contribution in [3.8, 4) is 17.6 Å². The van der Waals surface area contributed by atoms with Gasteiger partial charge < -0.3 is 10.5 Å². The summed E-state index contributed by atoms with van der Waals surface area (Å²) in [7, 11) is 0. The van der Waals surface area contributed by atoms with Gasteiger partial charge in [-0.2, -0.15) is 10.4 Å². The summed E-state index contributed by atoms with van der Waals surface area (Å²) in [6.07, 6.45) is 4.33. The summed E-state index contributed by atoms with van der Waals surface area (Å²) in [5, 5.41) is 13.7. The molecule has 6 nitrogen and oxygen atoms in total. The van der Waals surface area contributed by atoms with Crippen molar-refractivity contribution in [2.24, 2.45) is 5.73 Å². The zero-order valence-electron chi connectivity index (χ0n) is 14.1. The van der Waals surface area contributed by atoms with Crippen molar-refractivity contribution >= 4 is 5.91 Å². The van der Waals surface area contributed by atoms with Crippen LogP contribution in [0.2, 0.25) is 0 Å². The highest BCUT2D eigenvalue weighted by Crippen LogP contribution is 2.52. The number of carbonyl (C=O) groups is 1. The van der Waals surface area contributed by atoms with Crippen LogP contribution in [-0.4, -0.2) is 15.7 Å². The number of ether oxygens (including phenoxy) is 1. The van der Waals surface area contributed by atoms with E-state index in [-0.39, 0.29) is 0 Å². The molecule has 2 aromatic rings. The third kappa shape index (κ3) is 2.98. The molecule has 4 rings (SSSR count). The highest BCUT2D eigenvalue weighted by Gasteiger charge is 2.40. The van der Waals surface area contributed by atoms with Crippen molar-refractivity contribution in [1.82, 2.24) is 9.78 Å². The van der Waals surface area contributed by atoms with E-state index in [0.717, 1.165) is 42.8 Å². The van der Waals surface area contributed by atoms with Gasteiger partial charge in [0.2, 0.25) is 5.91 Å². The van der Waals surface area contributed by atoms with Gasteiger partial charge in [0.1, 0.15) is 17.5 Å². The number of rotatable bonds is 6. The SMILES string of the molecule is CC(C(N)=O)n1nc(C2CC2)c(Oc2ccc(C#N)cc2)c1C1CC1. The first kappa shape index (κ1) is 15.7. The molecular weight excluding hydrogens is 316 g/mol. The Morgan fingerprint density at radius 2 is 1.92 bits per heavy atom. The van der Waals surface area contributed by atoms with Crippen LogP contribution in [0.4, 0.5) is 0 Å². The lowest BCUT2D eigenvalue weighted by molar-refractivity contribution is -0.121. The van der Waals surface area contributed by atoms with E-state index < -0.39 is 11.9 Å². The number of nitrogens with zero attached hydrogens (tertiary/aromatic N) is 3. The van der Waals surface area contributed by atoms with Gasteiger partial charge in [-0.25, -0.2) is 0 Å². The molecule has 1 aromatic heterocycles. The second-order valence-corrected chi connectivity index (χ2v) is 6.91. The molecule has 0 aliphatic heterocycles. The Balaban J connectivity index is 1.76. The molecule has 0 bridgehead atoms. The number of benzene rings is 1. The molecule has 25 heavy (non-hydrogen) atoms. The monoisotopic (exact) mass is 336 g/mol. The summed E-state index contributed by atoms with van der Waals surface area (Å²) in [6, 6.07) is 8.67. The summed E-state index contributed by atoms with van der Waals surface area (Å²) < 4.78 is 7.98. The standard InChI is InChI=1S/C19H20N4O2/c1-11(19(21)24)23-17(14-6-7-14)18(16(22-23)13-4-5-13)25-15-8-2-12(10-20)3-9-15/h2-3,8-9,11,13-14H,4-7H2,1H3,(H2,21,24). The quantitative estimate of drug-likeness (QED) is 0.875. The fourth-order valence-electron chi connectivity index (χ4n) is 3.04. The van der Waals surface area contributed by atoms with Crippen LogP contribution in [0.15, 0.2) is 24.3 Å². The number of hydrogen-bond donors (Lipinski definition) is 1. The maximum absolute atomic E-state index is 11.7. The topological polar surface area (TPSA) is 93.9 Å². The van der Waals surface area contributed by atoms with Crippen LogP contribution in [0, 0.1) is 11.3 Å². The Kier molecular flexibility index (Phi) is 3.72. The predicted octanol–water partition coefficient (Wildman–Crippen LogP) is 3.35. The van der Waals surface area contributed by atoms with E-state index in [2.05, 4.69) is 6.07 Å². The molecule has 0 spiro atoms. The van der Waals surface area contributed by atoms with Crippen molar-refractivity contribution in [3.05, 3.63) is 41.2 Å². The normalized spacial score (nSPS) is 17.8. The van der Waals surface area contributed by atoms with Crippen molar-refractivity contribution in [1.29, 1.82) is 5.26 Å². The lowest BCUT2D eigenvalue weighted by Crippen LogP contribution is -2.26. The number of nitrogens with two attached hydrogens (primary N) is 1. The fourth-order valence-corrected chi connectivity index (χ4v) is 3.04. The lowest BCUT2D eigenvalue weighted by atomic mass is 10.1. The zero-order chi connectivity index (χ0) is 17.6. The minimum atomic E-state index is -0.494. The molecule has 6 heteroatoms. The molecule has 0 radical (unpaired) electrons. The van der Waals surface area contributed by atoms with Gasteiger partial charge in [-0.3, -0.25) is 9.48 Å². The third-order valence-corrected chi connectivity index (χ3v) is 4.84. The number of carbonyl (C=O) groups excluding carboxylic acids is 1. The van der Waals surface area contributed by atoms with Crippen LogP contribution in [0.25, 0.3) is 0 Å². The van der Waals surface area contributed by atoms with E-state index in [1.54, 1.807) is 35.9 Å². The van der Waals surface area contributed by atoms with E-state index in [9.17, 15) is 4.79 Å². The number of nitriles is 1. The molecule has 1 atom stereocenters. The van der Waals surface area contributed by atoms with Gasteiger partial charge in [0.25, 0.3) is 0 Å². The van der Waals surface area contributed by atoms with Gasteiger partial charge in [-0.1, -0.05) is 0 Å². The summed E-state index contributed by atoms with van der Waals surface area (Å²) in [5.74, 6) is 1.83. The van der Waals surface area contributed by atoms with Crippen molar-refractivity contribution in [2.75, 3.05) is 0 Å². The Bertz CT molecular complexity index is 855. The van der Waals surface area contributed by atoms with Gasteiger partial charge in [-0.05, 0) is 56.9 Å². The van der Waals surface area contributed by atoms with Crippen molar-refractivity contribution < 1.29 is 9.53 Å². The molecule has 128 valence electrons. The second kappa shape index (κ2) is 5.92. The first-order valence-electron chi connectivity index (χ1n) is 8.68. The van der Waals surface area contributed by atoms with E-state index in [1.807, 2.05) is 0 Å². The average molecular weight is 336 g/mol. The molecule has 2 fully saturated rings. The van der Waals surface area contributed by atoms with E-state index >= 15 is 0 Å². The average Bonchev–Trinajstić information content (AvgIpc) is 3.53. The van der Waals surface area contributed by atoms with Gasteiger partial charge in [-0.15, -0.1) is 0 Å². The van der Waals surface area contributed by atoms with Crippen molar-refractivity contribution in [3.63, 3.8) is 0 Å². The Hall–Kier alpha value is -2.81. The lowest BCUT2D eigenvalue weighted by Gasteiger charge is -2.13. The summed E-state index contributed by atoms with van der Waals surface area (Å²) >= 11 is 0. The first-order chi connectivity index (χ1) is 12.1. The highest BCUT2D eigenvalue weighted by atomic mass is 16.5. The third-order valence-electron chi connectivity index (χ3n) is 4.84. The van der Waals surface area contributed by atoms with Crippen LogP contribution in [-0.2, 0) is 4.79 Å². The van der Waals surface area contributed by atoms with E-state index in [4.69, 9.17) is 20.8 Å². The Morgan fingerprint density at radius 3 is 2.44 bits per heavy atom. The van der Waals surface area contributed by atoms with Crippen LogP contribution in [0.5, 0.6) is 11.5 Å². The predicted molar refractivity (Wildman–Crippen MR) is 91.3 cm³/mol. The molecule has 1 heterocycles. The number of primary amides is 1. The molecule has 1 amide bonds. The molecular formula is C19H20N4O2. The second-order valence-electron chi connectivity index (χ2n) is 6.91. The molecule has 2 aliphatic rings. The number of amides is 1. The summed E-state index contributed by atoms with van der Waals surface area (Å²) in [6.45, 7) is 1.78. The number of hydrogen-bond acceptors (Lipinski definition) is 4. The largest absolute Gasteiger partial charge is 0.453 e. The van der Waals surface area contributed by atoms with Crippen LogP contribution < -0.4 is 10.5 Å².